The first kappa shape index (κ1) is 9.65. The molecule has 0 amide bonds. The lowest BCUT2D eigenvalue weighted by Gasteiger charge is -2.34. The minimum Gasteiger partial charge on any atom is -0.329 e. The minimum absolute atomic E-state index is 0.101. The summed E-state index contributed by atoms with van der Waals surface area (Å²) in [6, 6.07) is 0. The van der Waals surface area contributed by atoms with E-state index >= 15 is 0 Å². The molecule has 4 heteroatoms. The van der Waals surface area contributed by atoms with Crippen LogP contribution in [-0.4, -0.2) is 21.3 Å². The van der Waals surface area contributed by atoms with E-state index in [0.29, 0.717) is 6.54 Å². The molecule has 0 radical (unpaired) electrons. The Hall–Kier alpha value is -0.900. The van der Waals surface area contributed by atoms with Gasteiger partial charge in [-0.3, -0.25) is 0 Å². The van der Waals surface area contributed by atoms with E-state index in [1.54, 1.807) is 6.33 Å². The Morgan fingerprint density at radius 1 is 1.43 bits per heavy atom. The second-order valence-electron chi connectivity index (χ2n) is 4.31. The molecule has 0 atom stereocenters. The molecule has 14 heavy (non-hydrogen) atoms. The zero-order chi connectivity index (χ0) is 10.0. The van der Waals surface area contributed by atoms with Crippen LogP contribution in [0, 0.1) is 0 Å². The number of aromatic nitrogens is 3. The maximum absolute atomic E-state index is 5.92. The zero-order valence-electron chi connectivity index (χ0n) is 8.74. The van der Waals surface area contributed by atoms with Crippen molar-refractivity contribution >= 4 is 0 Å². The molecule has 1 aliphatic carbocycles. The summed E-state index contributed by atoms with van der Waals surface area (Å²) in [6.45, 7) is 0.694. The van der Waals surface area contributed by atoms with Crippen LogP contribution in [0.4, 0.5) is 0 Å². The van der Waals surface area contributed by atoms with Crippen molar-refractivity contribution in [1.29, 1.82) is 0 Å². The van der Waals surface area contributed by atoms with Gasteiger partial charge in [-0.1, -0.05) is 19.3 Å². The molecule has 1 saturated carbocycles. The van der Waals surface area contributed by atoms with Crippen LogP contribution < -0.4 is 5.73 Å². The molecule has 0 bridgehead atoms. The zero-order valence-corrected chi connectivity index (χ0v) is 8.74. The highest BCUT2D eigenvalue weighted by molar-refractivity contribution is 5.10. The van der Waals surface area contributed by atoms with Gasteiger partial charge in [-0.25, -0.2) is 0 Å². The Morgan fingerprint density at radius 2 is 2.14 bits per heavy atom. The summed E-state index contributed by atoms with van der Waals surface area (Å²) in [5.74, 6) is 1.07. The summed E-state index contributed by atoms with van der Waals surface area (Å²) in [5, 5.41) is 8.16. The van der Waals surface area contributed by atoms with Crippen molar-refractivity contribution in [3.05, 3.63) is 12.2 Å². The molecule has 1 aromatic rings. The average molecular weight is 194 g/mol. The third-order valence-corrected chi connectivity index (χ3v) is 3.39. The highest BCUT2D eigenvalue weighted by atomic mass is 15.3. The second kappa shape index (κ2) is 3.69. The standard InChI is InChI=1S/C10H18N4/c1-14-8-12-13-9(14)10(7-11)5-3-2-4-6-10/h8H,2-7,11H2,1H3. The molecule has 2 rings (SSSR count). The van der Waals surface area contributed by atoms with E-state index in [0.717, 1.165) is 18.7 Å². The number of nitrogens with zero attached hydrogens (tertiary/aromatic N) is 3. The van der Waals surface area contributed by atoms with Crippen LogP contribution >= 0.6 is 0 Å². The Bertz CT molecular complexity index is 299. The van der Waals surface area contributed by atoms with Gasteiger partial charge in [0.1, 0.15) is 12.2 Å². The number of nitrogens with two attached hydrogens (primary N) is 1. The maximum atomic E-state index is 5.92. The normalized spacial score (nSPS) is 21.0. The van der Waals surface area contributed by atoms with E-state index in [-0.39, 0.29) is 5.41 Å². The molecule has 1 heterocycles. The molecule has 0 spiro atoms. The Balaban J connectivity index is 2.31. The SMILES string of the molecule is Cn1cnnc1C1(CN)CCCCC1. The van der Waals surface area contributed by atoms with Crippen molar-refractivity contribution in [1.82, 2.24) is 14.8 Å². The van der Waals surface area contributed by atoms with Crippen molar-refractivity contribution in [2.75, 3.05) is 6.54 Å². The predicted molar refractivity (Wildman–Crippen MR) is 54.8 cm³/mol. The molecule has 2 N–H and O–H groups in total. The van der Waals surface area contributed by atoms with Gasteiger partial charge in [0.05, 0.1) is 0 Å². The van der Waals surface area contributed by atoms with E-state index in [4.69, 9.17) is 5.73 Å². The van der Waals surface area contributed by atoms with E-state index in [9.17, 15) is 0 Å². The number of rotatable bonds is 2. The first-order valence-corrected chi connectivity index (χ1v) is 5.33. The third-order valence-electron chi connectivity index (χ3n) is 3.39. The lowest BCUT2D eigenvalue weighted by Crippen LogP contribution is -2.39. The highest BCUT2D eigenvalue weighted by Crippen LogP contribution is 2.37. The molecule has 0 aromatic carbocycles. The number of aryl methyl sites for hydroxylation is 1. The van der Waals surface area contributed by atoms with Gasteiger partial charge in [-0.15, -0.1) is 10.2 Å². The summed E-state index contributed by atoms with van der Waals surface area (Å²) < 4.78 is 2.01. The second-order valence-corrected chi connectivity index (χ2v) is 4.31. The van der Waals surface area contributed by atoms with Crippen LogP contribution in [0.1, 0.15) is 37.9 Å². The topological polar surface area (TPSA) is 56.7 Å². The summed E-state index contributed by atoms with van der Waals surface area (Å²) in [6.07, 6.45) is 7.96. The fourth-order valence-corrected chi connectivity index (χ4v) is 2.51. The van der Waals surface area contributed by atoms with Gasteiger partial charge in [0.2, 0.25) is 0 Å². The molecule has 1 fully saturated rings. The van der Waals surface area contributed by atoms with Crippen molar-refractivity contribution in [2.45, 2.75) is 37.5 Å². The summed E-state index contributed by atoms with van der Waals surface area (Å²) in [4.78, 5) is 0. The summed E-state index contributed by atoms with van der Waals surface area (Å²) >= 11 is 0. The van der Waals surface area contributed by atoms with Gasteiger partial charge < -0.3 is 10.3 Å². The molecular weight excluding hydrogens is 176 g/mol. The van der Waals surface area contributed by atoms with Gasteiger partial charge in [0, 0.05) is 19.0 Å². The molecule has 1 aromatic heterocycles. The van der Waals surface area contributed by atoms with E-state index in [2.05, 4.69) is 10.2 Å². The molecular formula is C10H18N4. The first-order valence-electron chi connectivity index (χ1n) is 5.33. The van der Waals surface area contributed by atoms with Crippen LogP contribution in [0.2, 0.25) is 0 Å². The van der Waals surface area contributed by atoms with Crippen LogP contribution in [0.15, 0.2) is 6.33 Å². The van der Waals surface area contributed by atoms with Crippen LogP contribution in [0.5, 0.6) is 0 Å². The molecule has 1 aliphatic rings. The van der Waals surface area contributed by atoms with Gasteiger partial charge >= 0.3 is 0 Å². The molecule has 4 nitrogen and oxygen atoms in total. The van der Waals surface area contributed by atoms with E-state index in [1.165, 1.54) is 19.3 Å². The van der Waals surface area contributed by atoms with Gasteiger partial charge in [-0.2, -0.15) is 0 Å². The molecule has 0 saturated heterocycles. The van der Waals surface area contributed by atoms with Crippen LogP contribution in [0.25, 0.3) is 0 Å². The fourth-order valence-electron chi connectivity index (χ4n) is 2.51. The Labute approximate surface area is 84.5 Å². The summed E-state index contributed by atoms with van der Waals surface area (Å²) in [7, 11) is 2.00. The smallest absolute Gasteiger partial charge is 0.140 e. The van der Waals surface area contributed by atoms with Gasteiger partial charge in [0.25, 0.3) is 0 Å². The van der Waals surface area contributed by atoms with Crippen LogP contribution in [0.3, 0.4) is 0 Å². The minimum atomic E-state index is 0.101. The van der Waals surface area contributed by atoms with Crippen molar-refractivity contribution in [2.24, 2.45) is 12.8 Å². The monoisotopic (exact) mass is 194 g/mol. The quantitative estimate of drug-likeness (QED) is 0.763. The van der Waals surface area contributed by atoms with Crippen molar-refractivity contribution < 1.29 is 0 Å². The fraction of sp³-hybridized carbons (Fsp3) is 0.800. The molecule has 78 valence electrons. The van der Waals surface area contributed by atoms with Crippen molar-refractivity contribution in [3.8, 4) is 0 Å². The van der Waals surface area contributed by atoms with E-state index < -0.39 is 0 Å². The van der Waals surface area contributed by atoms with E-state index in [1.807, 2.05) is 11.6 Å². The first-order chi connectivity index (χ1) is 6.78. The lowest BCUT2D eigenvalue weighted by molar-refractivity contribution is 0.279. The Morgan fingerprint density at radius 3 is 2.64 bits per heavy atom. The summed E-state index contributed by atoms with van der Waals surface area (Å²) in [5.41, 5.74) is 6.02. The van der Waals surface area contributed by atoms with Gasteiger partial charge in [0.15, 0.2) is 0 Å². The van der Waals surface area contributed by atoms with Gasteiger partial charge in [-0.05, 0) is 12.8 Å². The third kappa shape index (κ3) is 1.43. The van der Waals surface area contributed by atoms with Crippen molar-refractivity contribution in [3.63, 3.8) is 0 Å². The number of hydrogen-bond acceptors (Lipinski definition) is 3. The maximum Gasteiger partial charge on any atom is 0.140 e. The lowest BCUT2D eigenvalue weighted by atomic mass is 9.73. The molecule has 0 aliphatic heterocycles. The highest BCUT2D eigenvalue weighted by Gasteiger charge is 2.36. The largest absolute Gasteiger partial charge is 0.329 e. The average Bonchev–Trinajstić information content (AvgIpc) is 2.66. The predicted octanol–water partition coefficient (Wildman–Crippen LogP) is 0.976. The molecule has 0 unspecified atom stereocenters. The Kier molecular flexibility index (Phi) is 2.54. The van der Waals surface area contributed by atoms with Crippen LogP contribution in [-0.2, 0) is 12.5 Å². The number of hydrogen-bond donors (Lipinski definition) is 1.